The van der Waals surface area contributed by atoms with Crippen molar-refractivity contribution >= 4 is 11.4 Å². The summed E-state index contributed by atoms with van der Waals surface area (Å²) >= 11 is 0. The van der Waals surface area contributed by atoms with Gasteiger partial charge in [0.05, 0.1) is 4.92 Å². The summed E-state index contributed by atoms with van der Waals surface area (Å²) in [5.74, 6) is 0. The number of rotatable bonds is 9. The van der Waals surface area contributed by atoms with Gasteiger partial charge in [0.15, 0.2) is 0 Å². The standard InChI is InChI=1S/C14H23N3O3/c1-4-15-14-7-6-13(17(18)19)10-12(14)11-16(2)8-5-9-20-3/h6-7,10,15H,4-5,8-9,11H2,1-3H3. The summed E-state index contributed by atoms with van der Waals surface area (Å²) < 4.78 is 5.03. The highest BCUT2D eigenvalue weighted by molar-refractivity contribution is 5.56. The van der Waals surface area contributed by atoms with Crippen LogP contribution in [0.5, 0.6) is 0 Å². The summed E-state index contributed by atoms with van der Waals surface area (Å²) in [6.07, 6.45) is 0.943. The summed E-state index contributed by atoms with van der Waals surface area (Å²) in [6.45, 7) is 5.08. The van der Waals surface area contributed by atoms with E-state index in [0.29, 0.717) is 6.54 Å². The van der Waals surface area contributed by atoms with Crippen molar-refractivity contribution in [2.75, 3.05) is 39.2 Å². The monoisotopic (exact) mass is 281 g/mol. The second-order valence-electron chi connectivity index (χ2n) is 4.71. The molecule has 1 N–H and O–H groups in total. The Balaban J connectivity index is 2.78. The minimum atomic E-state index is -0.357. The van der Waals surface area contributed by atoms with E-state index in [9.17, 15) is 10.1 Å². The molecular formula is C14H23N3O3. The lowest BCUT2D eigenvalue weighted by Crippen LogP contribution is -2.21. The molecule has 0 aliphatic rings. The zero-order valence-electron chi connectivity index (χ0n) is 12.4. The maximum absolute atomic E-state index is 10.9. The lowest BCUT2D eigenvalue weighted by Gasteiger charge is -2.19. The molecule has 0 aliphatic carbocycles. The van der Waals surface area contributed by atoms with Gasteiger partial charge in [0, 0.05) is 51.2 Å². The Bertz CT molecular complexity index is 438. The van der Waals surface area contributed by atoms with Crippen molar-refractivity contribution in [3.05, 3.63) is 33.9 Å². The van der Waals surface area contributed by atoms with E-state index in [0.717, 1.165) is 37.4 Å². The molecule has 20 heavy (non-hydrogen) atoms. The molecule has 1 aromatic carbocycles. The Kier molecular flexibility index (Phi) is 6.97. The Labute approximate surface area is 119 Å². The summed E-state index contributed by atoms with van der Waals surface area (Å²) in [5.41, 5.74) is 2.03. The third kappa shape index (κ3) is 5.14. The summed E-state index contributed by atoms with van der Waals surface area (Å²) in [5, 5.41) is 14.1. The van der Waals surface area contributed by atoms with Crippen LogP contribution in [0.3, 0.4) is 0 Å². The van der Waals surface area contributed by atoms with E-state index in [2.05, 4.69) is 10.2 Å². The zero-order chi connectivity index (χ0) is 15.0. The topological polar surface area (TPSA) is 67.6 Å². The molecule has 0 saturated carbocycles. The van der Waals surface area contributed by atoms with E-state index < -0.39 is 0 Å². The SMILES string of the molecule is CCNc1ccc([N+](=O)[O-])cc1CN(C)CCCOC. The number of nitro groups is 1. The van der Waals surface area contributed by atoms with Gasteiger partial charge < -0.3 is 15.0 Å². The number of anilines is 1. The molecule has 0 fully saturated rings. The van der Waals surface area contributed by atoms with Crippen LogP contribution in [0.1, 0.15) is 18.9 Å². The van der Waals surface area contributed by atoms with Crippen LogP contribution in [-0.4, -0.2) is 43.7 Å². The van der Waals surface area contributed by atoms with Crippen molar-refractivity contribution in [1.82, 2.24) is 4.90 Å². The smallest absolute Gasteiger partial charge is 0.269 e. The van der Waals surface area contributed by atoms with Gasteiger partial charge in [-0.3, -0.25) is 10.1 Å². The summed E-state index contributed by atoms with van der Waals surface area (Å²) in [7, 11) is 3.69. The van der Waals surface area contributed by atoms with Crippen LogP contribution in [0.25, 0.3) is 0 Å². The Morgan fingerprint density at radius 3 is 2.80 bits per heavy atom. The maximum atomic E-state index is 10.9. The normalized spacial score (nSPS) is 10.8. The fourth-order valence-electron chi connectivity index (χ4n) is 2.04. The molecule has 0 amide bonds. The van der Waals surface area contributed by atoms with Gasteiger partial charge >= 0.3 is 0 Å². The highest BCUT2D eigenvalue weighted by atomic mass is 16.6. The second kappa shape index (κ2) is 8.50. The molecule has 0 atom stereocenters. The van der Waals surface area contributed by atoms with Gasteiger partial charge in [0.1, 0.15) is 0 Å². The Hall–Kier alpha value is -1.66. The number of methoxy groups -OCH3 is 1. The van der Waals surface area contributed by atoms with Crippen LogP contribution in [0.2, 0.25) is 0 Å². The molecule has 0 saturated heterocycles. The van der Waals surface area contributed by atoms with Gasteiger partial charge in [0.25, 0.3) is 5.69 Å². The molecule has 0 aliphatic heterocycles. The van der Waals surface area contributed by atoms with E-state index in [1.54, 1.807) is 19.2 Å². The average Bonchev–Trinajstić information content (AvgIpc) is 2.41. The predicted octanol–water partition coefficient (Wildman–Crippen LogP) is 2.49. The predicted molar refractivity (Wildman–Crippen MR) is 80.1 cm³/mol. The van der Waals surface area contributed by atoms with E-state index in [-0.39, 0.29) is 10.6 Å². The van der Waals surface area contributed by atoms with Gasteiger partial charge in [-0.25, -0.2) is 0 Å². The number of benzene rings is 1. The first-order chi connectivity index (χ1) is 9.58. The highest BCUT2D eigenvalue weighted by Crippen LogP contribution is 2.23. The van der Waals surface area contributed by atoms with Crippen LogP contribution < -0.4 is 5.32 Å². The van der Waals surface area contributed by atoms with Crippen molar-refractivity contribution < 1.29 is 9.66 Å². The number of ether oxygens (including phenoxy) is 1. The Morgan fingerprint density at radius 2 is 2.20 bits per heavy atom. The van der Waals surface area contributed by atoms with E-state index in [1.807, 2.05) is 14.0 Å². The fraction of sp³-hybridized carbons (Fsp3) is 0.571. The van der Waals surface area contributed by atoms with Gasteiger partial charge in [-0.05, 0) is 32.0 Å². The molecule has 112 valence electrons. The van der Waals surface area contributed by atoms with E-state index >= 15 is 0 Å². The molecule has 0 spiro atoms. The molecule has 0 radical (unpaired) electrons. The number of nitrogens with zero attached hydrogens (tertiary/aromatic N) is 2. The third-order valence-electron chi connectivity index (χ3n) is 3.00. The molecule has 0 heterocycles. The van der Waals surface area contributed by atoms with Gasteiger partial charge in [-0.15, -0.1) is 0 Å². The van der Waals surface area contributed by atoms with Crippen LogP contribution >= 0.6 is 0 Å². The molecule has 6 nitrogen and oxygen atoms in total. The van der Waals surface area contributed by atoms with Gasteiger partial charge in [0.2, 0.25) is 0 Å². The van der Waals surface area contributed by atoms with Gasteiger partial charge in [-0.2, -0.15) is 0 Å². The number of non-ortho nitro benzene ring substituents is 1. The Morgan fingerprint density at radius 1 is 1.45 bits per heavy atom. The minimum Gasteiger partial charge on any atom is -0.385 e. The van der Waals surface area contributed by atoms with Crippen LogP contribution in [-0.2, 0) is 11.3 Å². The first-order valence-corrected chi connectivity index (χ1v) is 6.77. The van der Waals surface area contributed by atoms with Crippen molar-refractivity contribution in [2.45, 2.75) is 19.9 Å². The van der Waals surface area contributed by atoms with Crippen molar-refractivity contribution in [1.29, 1.82) is 0 Å². The molecule has 0 bridgehead atoms. The lowest BCUT2D eigenvalue weighted by atomic mass is 10.1. The first-order valence-electron chi connectivity index (χ1n) is 6.77. The van der Waals surface area contributed by atoms with E-state index in [1.165, 1.54) is 6.07 Å². The fourth-order valence-corrected chi connectivity index (χ4v) is 2.04. The number of nitrogens with one attached hydrogen (secondary N) is 1. The average molecular weight is 281 g/mol. The van der Waals surface area contributed by atoms with Crippen molar-refractivity contribution in [3.63, 3.8) is 0 Å². The number of nitro benzene ring substituents is 1. The molecule has 6 heteroatoms. The van der Waals surface area contributed by atoms with Crippen LogP contribution in [0.4, 0.5) is 11.4 Å². The quantitative estimate of drug-likeness (QED) is 0.428. The number of hydrogen-bond acceptors (Lipinski definition) is 5. The van der Waals surface area contributed by atoms with Crippen LogP contribution in [0.15, 0.2) is 18.2 Å². The van der Waals surface area contributed by atoms with Crippen molar-refractivity contribution in [2.24, 2.45) is 0 Å². The number of hydrogen-bond donors (Lipinski definition) is 1. The van der Waals surface area contributed by atoms with Gasteiger partial charge in [-0.1, -0.05) is 0 Å². The molecule has 1 aromatic rings. The molecular weight excluding hydrogens is 258 g/mol. The second-order valence-corrected chi connectivity index (χ2v) is 4.71. The third-order valence-corrected chi connectivity index (χ3v) is 3.00. The highest BCUT2D eigenvalue weighted by Gasteiger charge is 2.12. The van der Waals surface area contributed by atoms with E-state index in [4.69, 9.17) is 4.74 Å². The molecule has 0 unspecified atom stereocenters. The maximum Gasteiger partial charge on any atom is 0.269 e. The minimum absolute atomic E-state index is 0.131. The first kappa shape index (κ1) is 16.4. The van der Waals surface area contributed by atoms with Crippen LogP contribution in [0, 0.1) is 10.1 Å². The largest absolute Gasteiger partial charge is 0.385 e. The lowest BCUT2D eigenvalue weighted by molar-refractivity contribution is -0.384. The van der Waals surface area contributed by atoms with Crippen molar-refractivity contribution in [3.8, 4) is 0 Å². The summed E-state index contributed by atoms with van der Waals surface area (Å²) in [4.78, 5) is 12.7. The molecule has 1 rings (SSSR count). The summed E-state index contributed by atoms with van der Waals surface area (Å²) in [6, 6.07) is 4.96. The zero-order valence-corrected chi connectivity index (χ0v) is 12.4. The molecule has 0 aromatic heterocycles.